The summed E-state index contributed by atoms with van der Waals surface area (Å²) >= 11 is 0. The Hall–Kier alpha value is -1.65. The van der Waals surface area contributed by atoms with Crippen molar-refractivity contribution in [1.29, 1.82) is 0 Å². The first-order valence-electron chi connectivity index (χ1n) is 6.98. The van der Waals surface area contributed by atoms with Crippen LogP contribution in [-0.4, -0.2) is 29.0 Å². The number of aromatic nitrogens is 2. The number of carbonyl (C=O) groups is 1. The fourth-order valence-corrected chi connectivity index (χ4v) is 2.18. The van der Waals surface area contributed by atoms with Gasteiger partial charge in [0.05, 0.1) is 12.2 Å². The molecule has 0 aliphatic carbocycles. The first-order chi connectivity index (χ1) is 9.15. The maximum Gasteiger partial charge on any atom is 0.225 e. The fraction of sp³-hybridized carbons (Fsp3) is 0.643. The van der Waals surface area contributed by atoms with E-state index in [4.69, 9.17) is 0 Å². The molecular formula is C14H22N4O. The molecule has 0 spiro atoms. The number of hydrogen-bond acceptors (Lipinski definition) is 4. The maximum atomic E-state index is 11.6. The molecule has 1 N–H and O–H groups in total. The minimum atomic E-state index is 0.0799. The molecular weight excluding hydrogens is 240 g/mol. The van der Waals surface area contributed by atoms with Crippen LogP contribution in [0.3, 0.4) is 0 Å². The second kappa shape index (κ2) is 6.50. The van der Waals surface area contributed by atoms with E-state index in [9.17, 15) is 4.79 Å². The zero-order valence-corrected chi connectivity index (χ0v) is 11.7. The van der Waals surface area contributed by atoms with Gasteiger partial charge in [0.15, 0.2) is 0 Å². The summed E-state index contributed by atoms with van der Waals surface area (Å²) in [6.45, 7) is 6.62. The van der Waals surface area contributed by atoms with Crippen LogP contribution in [0.15, 0.2) is 12.3 Å². The molecule has 104 valence electrons. The van der Waals surface area contributed by atoms with Crippen LogP contribution in [0.1, 0.15) is 38.8 Å². The summed E-state index contributed by atoms with van der Waals surface area (Å²) in [4.78, 5) is 22.6. The van der Waals surface area contributed by atoms with Gasteiger partial charge in [0.25, 0.3) is 0 Å². The van der Waals surface area contributed by atoms with Crippen LogP contribution in [-0.2, 0) is 11.3 Å². The van der Waals surface area contributed by atoms with Gasteiger partial charge in [-0.2, -0.15) is 0 Å². The zero-order chi connectivity index (χ0) is 13.7. The topological polar surface area (TPSA) is 58.1 Å². The lowest BCUT2D eigenvalue weighted by Gasteiger charge is -2.15. The summed E-state index contributed by atoms with van der Waals surface area (Å²) < 4.78 is 0. The van der Waals surface area contributed by atoms with Gasteiger partial charge in [-0.15, -0.1) is 0 Å². The summed E-state index contributed by atoms with van der Waals surface area (Å²) in [6.07, 6.45) is 4.74. The summed E-state index contributed by atoms with van der Waals surface area (Å²) in [6, 6.07) is 1.86. The standard InChI is InChI=1S/C14H22N4O/c1-11(2)9-13(19)16-10-12-5-6-15-14(17-12)18-7-3-4-8-18/h5-6,11H,3-4,7-10H2,1-2H3,(H,16,19). The highest BCUT2D eigenvalue weighted by Gasteiger charge is 2.15. The van der Waals surface area contributed by atoms with Crippen molar-refractivity contribution < 1.29 is 4.79 Å². The third kappa shape index (κ3) is 4.19. The smallest absolute Gasteiger partial charge is 0.225 e. The van der Waals surface area contributed by atoms with E-state index in [1.54, 1.807) is 6.20 Å². The Morgan fingerprint density at radius 1 is 1.42 bits per heavy atom. The van der Waals surface area contributed by atoms with Crippen LogP contribution in [0.4, 0.5) is 5.95 Å². The Bertz CT molecular complexity index is 427. The van der Waals surface area contributed by atoms with E-state index < -0.39 is 0 Å². The maximum absolute atomic E-state index is 11.6. The molecule has 1 aromatic heterocycles. The van der Waals surface area contributed by atoms with Gasteiger partial charge in [-0.25, -0.2) is 9.97 Å². The molecule has 0 unspecified atom stereocenters. The lowest BCUT2D eigenvalue weighted by molar-refractivity contribution is -0.121. The van der Waals surface area contributed by atoms with Crippen LogP contribution < -0.4 is 10.2 Å². The highest BCUT2D eigenvalue weighted by atomic mass is 16.1. The van der Waals surface area contributed by atoms with Crippen molar-refractivity contribution in [1.82, 2.24) is 15.3 Å². The lowest BCUT2D eigenvalue weighted by atomic mass is 10.1. The van der Waals surface area contributed by atoms with E-state index >= 15 is 0 Å². The van der Waals surface area contributed by atoms with Crippen LogP contribution in [0, 0.1) is 5.92 Å². The number of anilines is 1. The van der Waals surface area contributed by atoms with Crippen molar-refractivity contribution in [2.45, 2.75) is 39.7 Å². The van der Waals surface area contributed by atoms with Gasteiger partial charge in [0.1, 0.15) is 0 Å². The average Bonchev–Trinajstić information content (AvgIpc) is 2.90. The third-order valence-corrected chi connectivity index (χ3v) is 3.15. The molecule has 19 heavy (non-hydrogen) atoms. The predicted octanol–water partition coefficient (Wildman–Crippen LogP) is 1.74. The summed E-state index contributed by atoms with van der Waals surface area (Å²) in [5.41, 5.74) is 0.869. The Balaban J connectivity index is 1.90. The van der Waals surface area contributed by atoms with Gasteiger partial charge in [0, 0.05) is 25.7 Å². The predicted molar refractivity (Wildman–Crippen MR) is 74.8 cm³/mol. The normalized spacial score (nSPS) is 15.0. The van der Waals surface area contributed by atoms with Crippen LogP contribution >= 0.6 is 0 Å². The fourth-order valence-electron chi connectivity index (χ4n) is 2.18. The summed E-state index contributed by atoms with van der Waals surface area (Å²) in [7, 11) is 0. The molecule has 1 aromatic rings. The second-order valence-electron chi connectivity index (χ2n) is 5.42. The third-order valence-electron chi connectivity index (χ3n) is 3.15. The van der Waals surface area contributed by atoms with Crippen molar-refractivity contribution >= 4 is 11.9 Å². The number of hydrogen-bond donors (Lipinski definition) is 1. The average molecular weight is 262 g/mol. The minimum Gasteiger partial charge on any atom is -0.350 e. The van der Waals surface area contributed by atoms with E-state index in [0.29, 0.717) is 18.9 Å². The number of nitrogens with zero attached hydrogens (tertiary/aromatic N) is 3. The molecule has 1 aliphatic heterocycles. The molecule has 0 saturated carbocycles. The lowest BCUT2D eigenvalue weighted by Crippen LogP contribution is -2.25. The Morgan fingerprint density at radius 2 is 2.16 bits per heavy atom. The highest BCUT2D eigenvalue weighted by molar-refractivity contribution is 5.75. The quantitative estimate of drug-likeness (QED) is 0.878. The number of amides is 1. The first-order valence-corrected chi connectivity index (χ1v) is 6.98. The van der Waals surface area contributed by atoms with E-state index in [1.165, 1.54) is 12.8 Å². The molecule has 0 bridgehead atoms. The zero-order valence-electron chi connectivity index (χ0n) is 11.7. The molecule has 1 fully saturated rings. The Kier molecular flexibility index (Phi) is 4.71. The molecule has 1 aliphatic rings. The van der Waals surface area contributed by atoms with Crippen molar-refractivity contribution in [2.24, 2.45) is 5.92 Å². The molecule has 0 aromatic carbocycles. The van der Waals surface area contributed by atoms with Gasteiger partial charge in [0.2, 0.25) is 11.9 Å². The molecule has 5 heteroatoms. The van der Waals surface area contributed by atoms with Gasteiger partial charge < -0.3 is 10.2 Å². The number of carbonyl (C=O) groups excluding carboxylic acids is 1. The molecule has 2 heterocycles. The van der Waals surface area contributed by atoms with Crippen molar-refractivity contribution in [2.75, 3.05) is 18.0 Å². The second-order valence-corrected chi connectivity index (χ2v) is 5.42. The Morgan fingerprint density at radius 3 is 2.84 bits per heavy atom. The van der Waals surface area contributed by atoms with Crippen LogP contribution in [0.2, 0.25) is 0 Å². The molecule has 0 atom stereocenters. The monoisotopic (exact) mass is 262 g/mol. The summed E-state index contributed by atoms with van der Waals surface area (Å²) in [5.74, 6) is 1.25. The van der Waals surface area contributed by atoms with Gasteiger partial charge in [-0.05, 0) is 24.8 Å². The van der Waals surface area contributed by atoms with Crippen LogP contribution in [0.25, 0.3) is 0 Å². The van der Waals surface area contributed by atoms with E-state index in [-0.39, 0.29) is 5.91 Å². The van der Waals surface area contributed by atoms with Crippen molar-refractivity contribution in [3.63, 3.8) is 0 Å². The van der Waals surface area contributed by atoms with E-state index in [2.05, 4.69) is 20.2 Å². The molecule has 1 saturated heterocycles. The van der Waals surface area contributed by atoms with Gasteiger partial charge >= 0.3 is 0 Å². The van der Waals surface area contributed by atoms with Gasteiger partial charge in [-0.1, -0.05) is 13.8 Å². The van der Waals surface area contributed by atoms with E-state index in [0.717, 1.165) is 24.7 Å². The van der Waals surface area contributed by atoms with Gasteiger partial charge in [-0.3, -0.25) is 4.79 Å². The number of rotatable bonds is 5. The first kappa shape index (κ1) is 13.8. The van der Waals surface area contributed by atoms with E-state index in [1.807, 2.05) is 19.9 Å². The number of nitrogens with one attached hydrogen (secondary N) is 1. The molecule has 0 radical (unpaired) electrons. The largest absolute Gasteiger partial charge is 0.350 e. The molecule has 5 nitrogen and oxygen atoms in total. The molecule has 2 rings (SSSR count). The molecule has 1 amide bonds. The summed E-state index contributed by atoms with van der Waals surface area (Å²) in [5, 5.41) is 2.90. The SMILES string of the molecule is CC(C)CC(=O)NCc1ccnc(N2CCCC2)n1. The van der Waals surface area contributed by atoms with Crippen LogP contribution in [0.5, 0.6) is 0 Å². The van der Waals surface area contributed by atoms with Crippen molar-refractivity contribution in [3.05, 3.63) is 18.0 Å². The Labute approximate surface area is 114 Å². The van der Waals surface area contributed by atoms with Crippen molar-refractivity contribution in [3.8, 4) is 0 Å². The minimum absolute atomic E-state index is 0.0799. The highest BCUT2D eigenvalue weighted by Crippen LogP contribution is 2.15.